The molecule has 0 aromatic carbocycles. The average molecular weight is 257 g/mol. The van der Waals surface area contributed by atoms with Crippen molar-refractivity contribution in [2.45, 2.75) is 71.6 Å². The molecule has 0 amide bonds. The summed E-state index contributed by atoms with van der Waals surface area (Å²) in [5, 5.41) is 4.63. The summed E-state index contributed by atoms with van der Waals surface area (Å²) in [5.74, 6) is 2.21. The van der Waals surface area contributed by atoms with Crippen LogP contribution in [0.5, 0.6) is 0 Å². The molecule has 1 aliphatic rings. The zero-order chi connectivity index (χ0) is 12.9. The summed E-state index contributed by atoms with van der Waals surface area (Å²) >= 11 is 2.22. The fourth-order valence-electron chi connectivity index (χ4n) is 2.63. The summed E-state index contributed by atoms with van der Waals surface area (Å²) in [6, 6.07) is 0.719. The molecule has 102 valence electrons. The van der Waals surface area contributed by atoms with Crippen LogP contribution in [0.4, 0.5) is 0 Å². The second-order valence-corrected chi connectivity index (χ2v) is 7.62. The molecule has 0 radical (unpaired) electrons. The second-order valence-electron chi connectivity index (χ2n) is 6.34. The van der Waals surface area contributed by atoms with Gasteiger partial charge in [-0.15, -0.1) is 0 Å². The van der Waals surface area contributed by atoms with Crippen molar-refractivity contribution < 1.29 is 0 Å². The van der Waals surface area contributed by atoms with Crippen LogP contribution in [-0.4, -0.2) is 23.6 Å². The molecule has 2 heteroatoms. The lowest BCUT2D eigenvalue weighted by Gasteiger charge is -2.32. The molecule has 3 atom stereocenters. The second kappa shape index (κ2) is 7.04. The first-order chi connectivity index (χ1) is 8.01. The van der Waals surface area contributed by atoms with Gasteiger partial charge < -0.3 is 5.32 Å². The van der Waals surface area contributed by atoms with E-state index in [1.54, 1.807) is 0 Å². The van der Waals surface area contributed by atoms with Gasteiger partial charge in [0.2, 0.25) is 0 Å². The third-order valence-electron chi connectivity index (χ3n) is 4.19. The molecule has 1 N–H and O–H groups in total. The molecular weight excluding hydrogens is 226 g/mol. The molecule has 1 rings (SSSR count). The molecule has 1 fully saturated rings. The van der Waals surface area contributed by atoms with Gasteiger partial charge in [0, 0.05) is 11.3 Å². The lowest BCUT2D eigenvalue weighted by molar-refractivity contribution is 0.287. The highest BCUT2D eigenvalue weighted by molar-refractivity contribution is 7.99. The Balaban J connectivity index is 2.46. The zero-order valence-electron chi connectivity index (χ0n) is 12.4. The van der Waals surface area contributed by atoms with Crippen LogP contribution in [0, 0.1) is 11.3 Å². The maximum absolute atomic E-state index is 3.79. The van der Waals surface area contributed by atoms with E-state index in [2.05, 4.69) is 51.7 Å². The molecular formula is C15H31NS. The Bertz CT molecular complexity index is 215. The van der Waals surface area contributed by atoms with E-state index in [-0.39, 0.29) is 0 Å². The Hall–Kier alpha value is 0.310. The smallest absolute Gasteiger partial charge is 0.0237 e. The monoisotopic (exact) mass is 257 g/mol. The van der Waals surface area contributed by atoms with Crippen LogP contribution >= 0.6 is 11.8 Å². The van der Waals surface area contributed by atoms with E-state index in [0.29, 0.717) is 5.41 Å². The van der Waals surface area contributed by atoms with Gasteiger partial charge in [-0.2, -0.15) is 11.8 Å². The van der Waals surface area contributed by atoms with Crippen molar-refractivity contribution in [3.8, 4) is 0 Å². The molecule has 0 saturated heterocycles. The first-order valence-electron chi connectivity index (χ1n) is 7.36. The van der Waals surface area contributed by atoms with Gasteiger partial charge >= 0.3 is 0 Å². The van der Waals surface area contributed by atoms with Gasteiger partial charge in [-0.3, -0.25) is 0 Å². The Morgan fingerprint density at radius 3 is 2.65 bits per heavy atom. The third-order valence-corrected chi connectivity index (χ3v) is 5.89. The molecule has 17 heavy (non-hydrogen) atoms. The lowest BCUT2D eigenvalue weighted by Crippen LogP contribution is -2.44. The molecule has 0 aromatic rings. The van der Waals surface area contributed by atoms with E-state index in [0.717, 1.165) is 17.2 Å². The van der Waals surface area contributed by atoms with Gasteiger partial charge in [-0.1, -0.05) is 41.0 Å². The predicted octanol–water partition coefficient (Wildman–Crippen LogP) is 4.32. The highest BCUT2D eigenvalue weighted by atomic mass is 32.2. The van der Waals surface area contributed by atoms with Crippen LogP contribution in [0.25, 0.3) is 0 Å². The van der Waals surface area contributed by atoms with Crippen LogP contribution in [-0.2, 0) is 0 Å². The molecule has 0 aromatic heterocycles. The normalized spacial score (nSPS) is 29.5. The van der Waals surface area contributed by atoms with Gasteiger partial charge in [-0.05, 0) is 42.9 Å². The quantitative estimate of drug-likeness (QED) is 0.729. The van der Waals surface area contributed by atoms with Crippen molar-refractivity contribution in [1.29, 1.82) is 0 Å². The Morgan fingerprint density at radius 2 is 2.06 bits per heavy atom. The molecule has 0 aliphatic heterocycles. The van der Waals surface area contributed by atoms with E-state index in [4.69, 9.17) is 0 Å². The van der Waals surface area contributed by atoms with Crippen LogP contribution in [0.3, 0.4) is 0 Å². The summed E-state index contributed by atoms with van der Waals surface area (Å²) < 4.78 is 0. The van der Waals surface area contributed by atoms with Crippen molar-refractivity contribution in [2.24, 2.45) is 11.3 Å². The van der Waals surface area contributed by atoms with Gasteiger partial charge in [0.1, 0.15) is 0 Å². The summed E-state index contributed by atoms with van der Waals surface area (Å²) in [4.78, 5) is 0. The Kier molecular flexibility index (Phi) is 6.36. The maximum Gasteiger partial charge on any atom is 0.0237 e. The summed E-state index contributed by atoms with van der Waals surface area (Å²) in [5.41, 5.74) is 0.488. The molecule has 0 bridgehead atoms. The minimum Gasteiger partial charge on any atom is -0.312 e. The average Bonchev–Trinajstić information content (AvgIpc) is 2.58. The number of nitrogens with one attached hydrogen (secondary N) is 1. The van der Waals surface area contributed by atoms with Gasteiger partial charge in [0.25, 0.3) is 0 Å². The van der Waals surface area contributed by atoms with Crippen LogP contribution in [0.15, 0.2) is 0 Å². The zero-order valence-corrected chi connectivity index (χ0v) is 13.2. The third kappa shape index (κ3) is 4.48. The van der Waals surface area contributed by atoms with Gasteiger partial charge in [0.05, 0.1) is 0 Å². The Labute approximate surface area is 113 Å². The van der Waals surface area contributed by atoms with Crippen molar-refractivity contribution >= 4 is 11.8 Å². The first kappa shape index (κ1) is 15.4. The van der Waals surface area contributed by atoms with Crippen molar-refractivity contribution in [3.63, 3.8) is 0 Å². The van der Waals surface area contributed by atoms with E-state index in [1.807, 2.05) is 0 Å². The molecule has 0 spiro atoms. The number of thioether (sulfide) groups is 1. The SMILES string of the molecule is CCCNC1C(SCC(C)CC)CCC1(C)C. The van der Waals surface area contributed by atoms with Crippen molar-refractivity contribution in [1.82, 2.24) is 5.32 Å². The first-order valence-corrected chi connectivity index (χ1v) is 8.41. The predicted molar refractivity (Wildman–Crippen MR) is 80.8 cm³/mol. The number of rotatable bonds is 7. The highest BCUT2D eigenvalue weighted by Gasteiger charge is 2.41. The molecule has 1 saturated carbocycles. The summed E-state index contributed by atoms with van der Waals surface area (Å²) in [6.45, 7) is 13.0. The minimum atomic E-state index is 0.488. The lowest BCUT2D eigenvalue weighted by atomic mass is 9.87. The van der Waals surface area contributed by atoms with E-state index < -0.39 is 0 Å². The summed E-state index contributed by atoms with van der Waals surface area (Å²) in [7, 11) is 0. The fraction of sp³-hybridized carbons (Fsp3) is 1.00. The fourth-order valence-corrected chi connectivity index (χ4v) is 4.39. The Morgan fingerprint density at radius 1 is 1.35 bits per heavy atom. The molecule has 1 aliphatic carbocycles. The highest BCUT2D eigenvalue weighted by Crippen LogP contribution is 2.43. The van der Waals surface area contributed by atoms with Crippen molar-refractivity contribution in [3.05, 3.63) is 0 Å². The van der Waals surface area contributed by atoms with E-state index in [1.165, 1.54) is 38.0 Å². The van der Waals surface area contributed by atoms with Crippen LogP contribution < -0.4 is 5.32 Å². The van der Waals surface area contributed by atoms with Gasteiger partial charge in [-0.25, -0.2) is 0 Å². The molecule has 0 heterocycles. The number of hydrogen-bond donors (Lipinski definition) is 1. The topological polar surface area (TPSA) is 12.0 Å². The van der Waals surface area contributed by atoms with Crippen LogP contribution in [0.1, 0.15) is 60.3 Å². The maximum atomic E-state index is 3.79. The molecule has 1 nitrogen and oxygen atoms in total. The van der Waals surface area contributed by atoms with E-state index in [9.17, 15) is 0 Å². The number of hydrogen-bond acceptors (Lipinski definition) is 2. The minimum absolute atomic E-state index is 0.488. The van der Waals surface area contributed by atoms with E-state index >= 15 is 0 Å². The van der Waals surface area contributed by atoms with Crippen molar-refractivity contribution in [2.75, 3.05) is 12.3 Å². The van der Waals surface area contributed by atoms with Crippen LogP contribution in [0.2, 0.25) is 0 Å². The van der Waals surface area contributed by atoms with Gasteiger partial charge in [0.15, 0.2) is 0 Å². The molecule has 3 unspecified atom stereocenters. The standard InChI is InChI=1S/C15H31NS/c1-6-10-16-14-13(8-9-15(14,4)5)17-11-12(3)7-2/h12-14,16H,6-11H2,1-5H3. The largest absolute Gasteiger partial charge is 0.312 e. The summed E-state index contributed by atoms with van der Waals surface area (Å²) in [6.07, 6.45) is 5.34.